The fourth-order valence-electron chi connectivity index (χ4n) is 3.84. The molecule has 5 rings (SSSR count). The number of aldehydes is 1. The molecule has 2 heterocycles. The van der Waals surface area contributed by atoms with E-state index in [0.717, 1.165) is 5.56 Å². The third kappa shape index (κ3) is 14.1. The Morgan fingerprint density at radius 3 is 1.28 bits per heavy atom. The predicted octanol–water partition coefficient (Wildman–Crippen LogP) is 6.84. The fraction of sp³-hybridized carbons (Fsp3) is 0.139. The van der Waals surface area contributed by atoms with Crippen molar-refractivity contribution in [3.05, 3.63) is 154 Å². The quantitative estimate of drug-likeness (QED) is 0.0845. The number of halogens is 5. The van der Waals surface area contributed by atoms with E-state index in [0.29, 0.717) is 27.0 Å². The van der Waals surface area contributed by atoms with Gasteiger partial charge in [-0.3, -0.25) is 4.79 Å². The van der Waals surface area contributed by atoms with Crippen LogP contribution in [-0.4, -0.2) is 28.5 Å². The largest absolute Gasteiger partial charge is 1.00 e. The SMILES string of the molecule is C=Cc1cnc(Cl)c(Cl)c1.CC(C)(C)[O-].CP(Br)(c1ccccc1)(c1ccccc1)c1ccccc1.O=Cc1cnc(Cl)c(Cl)c1.[K+]. The third-order valence-corrected chi connectivity index (χ3v) is 15.8. The van der Waals surface area contributed by atoms with E-state index in [2.05, 4.69) is 130 Å². The van der Waals surface area contributed by atoms with Crippen LogP contribution in [0.3, 0.4) is 0 Å². The second-order valence-corrected chi connectivity index (χ2v) is 22.2. The number of nitrogens with zero attached hydrogens (tertiary/aromatic N) is 2. The average molecular weight is 819 g/mol. The molecule has 242 valence electrons. The minimum atomic E-state index is -2.56. The number of rotatable bonds is 5. The number of hydrogen-bond acceptors (Lipinski definition) is 4. The van der Waals surface area contributed by atoms with E-state index in [-0.39, 0.29) is 56.5 Å². The molecule has 0 bridgehead atoms. The van der Waals surface area contributed by atoms with Gasteiger partial charge in [0.15, 0.2) is 6.29 Å². The van der Waals surface area contributed by atoms with Crippen molar-refractivity contribution in [2.75, 3.05) is 6.66 Å². The van der Waals surface area contributed by atoms with Crippen LogP contribution in [0.4, 0.5) is 0 Å². The molecule has 4 nitrogen and oxygen atoms in total. The number of carbonyl (C=O) groups excluding carboxylic acids is 1. The molecule has 0 amide bonds. The zero-order chi connectivity index (χ0) is 34.4. The molecule has 2 aromatic heterocycles. The van der Waals surface area contributed by atoms with Gasteiger partial charge in [-0.2, -0.15) is 0 Å². The van der Waals surface area contributed by atoms with Crippen molar-refractivity contribution in [2.45, 2.75) is 26.4 Å². The molecule has 0 saturated heterocycles. The second-order valence-electron chi connectivity index (χ2n) is 11.0. The first kappa shape index (κ1) is 44.1. The second kappa shape index (κ2) is 20.6. The molecular formula is C36H35BrCl4KN2O2P. The summed E-state index contributed by atoms with van der Waals surface area (Å²) in [5.41, 5.74) is 0.545. The molecule has 0 aliphatic heterocycles. The molecule has 3 aromatic carbocycles. The zero-order valence-corrected chi connectivity index (χ0v) is 35.5. The third-order valence-electron chi connectivity index (χ3n) is 6.12. The predicted molar refractivity (Wildman–Crippen MR) is 204 cm³/mol. The zero-order valence-electron chi connectivity index (χ0n) is 26.9. The number of hydrogen-bond donors (Lipinski definition) is 0. The van der Waals surface area contributed by atoms with Gasteiger partial charge in [0.1, 0.15) is 10.3 Å². The van der Waals surface area contributed by atoms with Crippen LogP contribution < -0.4 is 72.4 Å². The summed E-state index contributed by atoms with van der Waals surface area (Å²) in [7, 11) is 0. The molecule has 0 spiro atoms. The Bertz CT molecular complexity index is 1540. The molecule has 0 unspecified atom stereocenters. The summed E-state index contributed by atoms with van der Waals surface area (Å²) >= 11 is 26.5. The fourth-order valence-corrected chi connectivity index (χ4v) is 10.1. The number of aromatic nitrogens is 2. The Hall–Kier alpha value is -0.964. The van der Waals surface area contributed by atoms with E-state index in [1.807, 2.05) is 0 Å². The molecule has 0 fully saturated rings. The van der Waals surface area contributed by atoms with Gasteiger partial charge in [0.25, 0.3) is 0 Å². The molecule has 11 heteroatoms. The summed E-state index contributed by atoms with van der Waals surface area (Å²) in [6.45, 7) is 10.8. The van der Waals surface area contributed by atoms with Gasteiger partial charge in [-0.25, -0.2) is 9.97 Å². The molecular weight excluding hydrogens is 784 g/mol. The van der Waals surface area contributed by atoms with Crippen LogP contribution in [0.15, 0.2) is 122 Å². The van der Waals surface area contributed by atoms with Gasteiger partial charge in [0.2, 0.25) is 0 Å². The molecule has 47 heavy (non-hydrogen) atoms. The minimum absolute atomic E-state index is 0. The number of benzene rings is 3. The molecule has 0 aliphatic rings. The molecule has 0 N–H and O–H groups in total. The smallest absolute Gasteiger partial charge is 0.298 e. The van der Waals surface area contributed by atoms with E-state index in [4.69, 9.17) is 46.4 Å². The standard InChI is InChI=1S/C19H18BrP.C7H5Cl2N.C6H3Cl2NO.C4H9O.K/c1-21(20,17-11-5-2-6-12-17,18-13-7-3-8-14-18)19-15-9-4-10-16-19;1-2-5-3-6(8)7(9)10-4-5;7-5-1-4(3-10)2-9-6(5)8;1-4(2,3)5;/h2-16H,1H3;2-4H,1H2;1-3H;1-3H3;/q;;;-1;+1. The number of carbonyl (C=O) groups is 1. The Kier molecular flexibility index (Phi) is 19.4. The Labute approximate surface area is 349 Å². The van der Waals surface area contributed by atoms with Crippen molar-refractivity contribution >= 4 is 95.5 Å². The van der Waals surface area contributed by atoms with Crippen molar-refractivity contribution < 1.29 is 61.3 Å². The summed E-state index contributed by atoms with van der Waals surface area (Å²) in [4.78, 5) is 17.6. The maximum absolute atomic E-state index is 10.1. The van der Waals surface area contributed by atoms with E-state index in [1.54, 1.807) is 39.1 Å². The van der Waals surface area contributed by atoms with Crippen molar-refractivity contribution in [1.82, 2.24) is 9.97 Å². The Morgan fingerprint density at radius 2 is 1.00 bits per heavy atom. The van der Waals surface area contributed by atoms with Gasteiger partial charge in [0, 0.05) is 18.0 Å². The van der Waals surface area contributed by atoms with Crippen molar-refractivity contribution in [1.29, 1.82) is 0 Å². The van der Waals surface area contributed by atoms with E-state index < -0.39 is 10.9 Å². The summed E-state index contributed by atoms with van der Waals surface area (Å²) in [6.07, 6.45) is 5.30. The number of pyridine rings is 2. The first-order chi connectivity index (χ1) is 21.6. The van der Waals surface area contributed by atoms with Crippen molar-refractivity contribution in [2.24, 2.45) is 0 Å². The monoisotopic (exact) mass is 816 g/mol. The van der Waals surface area contributed by atoms with Gasteiger partial charge < -0.3 is 5.11 Å². The maximum Gasteiger partial charge on any atom is 1.00 e. The molecule has 0 saturated carbocycles. The maximum atomic E-state index is 10.1. The summed E-state index contributed by atoms with van der Waals surface area (Å²) < 4.78 is 0. The van der Waals surface area contributed by atoms with Crippen LogP contribution in [-0.2, 0) is 0 Å². The van der Waals surface area contributed by atoms with Crippen LogP contribution in [0.25, 0.3) is 6.08 Å². The molecule has 5 aromatic rings. The van der Waals surface area contributed by atoms with Crippen LogP contribution in [0.2, 0.25) is 20.4 Å². The van der Waals surface area contributed by atoms with Crippen molar-refractivity contribution in [3.8, 4) is 0 Å². The molecule has 0 atom stereocenters. The minimum Gasteiger partial charge on any atom is -0.298 e. The first-order valence-corrected chi connectivity index (χ1v) is 20.1. The molecule has 0 aliphatic carbocycles. The van der Waals surface area contributed by atoms with Crippen LogP contribution >= 0.6 is 67.2 Å². The topological polar surface area (TPSA) is 65.9 Å². The summed E-state index contributed by atoms with van der Waals surface area (Å²) in [5, 5.41) is 12.9. The van der Waals surface area contributed by atoms with Gasteiger partial charge in [-0.1, -0.05) is 79.8 Å². The van der Waals surface area contributed by atoms with Crippen LogP contribution in [0.5, 0.6) is 0 Å². The molecule has 0 radical (unpaired) electrons. The first-order valence-electron chi connectivity index (χ1n) is 13.9. The van der Waals surface area contributed by atoms with Crippen LogP contribution in [0.1, 0.15) is 36.7 Å². The van der Waals surface area contributed by atoms with Crippen molar-refractivity contribution in [3.63, 3.8) is 0 Å². The van der Waals surface area contributed by atoms with E-state index >= 15 is 0 Å². The van der Waals surface area contributed by atoms with E-state index in [1.165, 1.54) is 28.2 Å². The van der Waals surface area contributed by atoms with E-state index in [9.17, 15) is 9.90 Å². The Balaban J connectivity index is 0.000000357. The van der Waals surface area contributed by atoms with Gasteiger partial charge in [-0.15, -0.1) is 5.60 Å². The Morgan fingerprint density at radius 1 is 0.702 bits per heavy atom. The van der Waals surface area contributed by atoms with Crippen LogP contribution in [0, 0.1) is 0 Å². The summed E-state index contributed by atoms with van der Waals surface area (Å²) in [5.74, 6) is 0. The van der Waals surface area contributed by atoms with Gasteiger partial charge in [-0.05, 0) is 17.7 Å². The van der Waals surface area contributed by atoms with Gasteiger partial charge >= 0.3 is 186 Å². The summed E-state index contributed by atoms with van der Waals surface area (Å²) in [6, 6.07) is 35.5. The van der Waals surface area contributed by atoms with Gasteiger partial charge in [0.05, 0.1) is 10.0 Å². The normalized spacial score (nSPS) is 11.2. The average Bonchev–Trinajstić information content (AvgIpc) is 3.05.